The Kier molecular flexibility index (Phi) is 5.70. The van der Waals surface area contributed by atoms with E-state index in [1.165, 1.54) is 12.1 Å². The molecular weight excluding hydrogens is 352 g/mol. The van der Waals surface area contributed by atoms with Crippen molar-refractivity contribution in [2.75, 3.05) is 13.1 Å². The smallest absolute Gasteiger partial charge is 0.322 e. The first-order valence-electron chi connectivity index (χ1n) is 8.59. The Morgan fingerprint density at radius 2 is 1.58 bits per heavy atom. The summed E-state index contributed by atoms with van der Waals surface area (Å²) in [6.45, 7) is 1.39. The number of hydrogen-bond acceptors (Lipinski definition) is 4. The maximum absolute atomic E-state index is 12.6. The minimum Gasteiger partial charge on any atom is -0.480 e. The zero-order valence-electron chi connectivity index (χ0n) is 14.3. The van der Waals surface area contributed by atoms with Gasteiger partial charge in [0.1, 0.15) is 6.04 Å². The molecule has 1 heterocycles. The molecule has 0 saturated carbocycles. The molecule has 3 N–H and O–H groups in total. The van der Waals surface area contributed by atoms with Crippen molar-refractivity contribution >= 4 is 16.0 Å². The Morgan fingerprint density at radius 1 is 1.00 bits per heavy atom. The first-order chi connectivity index (χ1) is 12.5. The summed E-state index contributed by atoms with van der Waals surface area (Å²) in [5.41, 5.74) is 1.89. The standard InChI is InChI=1S/C19H22N2O4S/c22-19(23)18(16-10-12-20-13-11-16)21-26(24,25)17-8-6-15(7-9-17)14-4-2-1-3-5-14/h1-9,16,18,20-21H,10-13H2,(H,22,23). The summed E-state index contributed by atoms with van der Waals surface area (Å²) in [4.78, 5) is 11.7. The molecule has 1 unspecified atom stereocenters. The number of carboxylic acid groups (broad SMARTS) is 1. The van der Waals surface area contributed by atoms with E-state index in [0.717, 1.165) is 11.1 Å². The fourth-order valence-corrected chi connectivity index (χ4v) is 4.48. The second kappa shape index (κ2) is 7.99. The van der Waals surface area contributed by atoms with Crippen LogP contribution in [0.5, 0.6) is 0 Å². The number of carboxylic acids is 1. The fraction of sp³-hybridized carbons (Fsp3) is 0.316. The molecule has 138 valence electrons. The number of carbonyl (C=O) groups is 1. The molecule has 1 saturated heterocycles. The number of nitrogens with one attached hydrogen (secondary N) is 2. The molecule has 2 aromatic rings. The maximum atomic E-state index is 12.6. The van der Waals surface area contributed by atoms with Crippen molar-refractivity contribution < 1.29 is 18.3 Å². The van der Waals surface area contributed by atoms with E-state index in [1.54, 1.807) is 12.1 Å². The van der Waals surface area contributed by atoms with Crippen LogP contribution in [0.25, 0.3) is 11.1 Å². The Bertz CT molecular complexity index is 845. The second-order valence-electron chi connectivity index (χ2n) is 6.42. The molecule has 1 fully saturated rings. The average molecular weight is 374 g/mol. The minimum absolute atomic E-state index is 0.0670. The summed E-state index contributed by atoms with van der Waals surface area (Å²) in [6, 6.07) is 15.0. The van der Waals surface area contributed by atoms with Gasteiger partial charge in [0, 0.05) is 0 Å². The van der Waals surface area contributed by atoms with Crippen LogP contribution in [0, 0.1) is 5.92 Å². The lowest BCUT2D eigenvalue weighted by Gasteiger charge is -2.28. The van der Waals surface area contributed by atoms with Gasteiger partial charge < -0.3 is 10.4 Å². The summed E-state index contributed by atoms with van der Waals surface area (Å²) in [7, 11) is -3.90. The van der Waals surface area contributed by atoms with E-state index in [9.17, 15) is 18.3 Å². The quantitative estimate of drug-likeness (QED) is 0.720. The number of rotatable bonds is 6. The van der Waals surface area contributed by atoms with E-state index in [2.05, 4.69) is 10.0 Å². The first kappa shape index (κ1) is 18.6. The molecule has 0 spiro atoms. The van der Waals surface area contributed by atoms with Gasteiger partial charge in [-0.15, -0.1) is 0 Å². The highest BCUT2D eigenvalue weighted by atomic mass is 32.2. The van der Waals surface area contributed by atoms with E-state index in [1.807, 2.05) is 30.3 Å². The van der Waals surface area contributed by atoms with Gasteiger partial charge in [0.15, 0.2) is 0 Å². The fourth-order valence-electron chi connectivity index (χ4n) is 3.22. The number of benzene rings is 2. The van der Waals surface area contributed by atoms with Crippen LogP contribution in [0.2, 0.25) is 0 Å². The molecule has 0 bridgehead atoms. The minimum atomic E-state index is -3.90. The van der Waals surface area contributed by atoms with Gasteiger partial charge in [-0.3, -0.25) is 4.79 Å². The summed E-state index contributed by atoms with van der Waals surface area (Å²) in [6.07, 6.45) is 1.26. The largest absolute Gasteiger partial charge is 0.480 e. The van der Waals surface area contributed by atoms with Crippen LogP contribution < -0.4 is 10.0 Å². The lowest BCUT2D eigenvalue weighted by Crippen LogP contribution is -2.48. The van der Waals surface area contributed by atoms with Crippen LogP contribution in [-0.2, 0) is 14.8 Å². The second-order valence-corrected chi connectivity index (χ2v) is 8.13. The van der Waals surface area contributed by atoms with Gasteiger partial charge in [-0.25, -0.2) is 8.42 Å². The third-order valence-corrected chi connectivity index (χ3v) is 6.13. The molecule has 0 aliphatic carbocycles. The predicted molar refractivity (Wildman–Crippen MR) is 99.2 cm³/mol. The molecule has 7 heteroatoms. The van der Waals surface area contributed by atoms with Crippen LogP contribution in [0.4, 0.5) is 0 Å². The van der Waals surface area contributed by atoms with Crippen LogP contribution in [0.15, 0.2) is 59.5 Å². The number of piperidine rings is 1. The molecule has 6 nitrogen and oxygen atoms in total. The van der Waals surface area contributed by atoms with Gasteiger partial charge in [-0.05, 0) is 55.1 Å². The van der Waals surface area contributed by atoms with Gasteiger partial charge in [0.05, 0.1) is 4.90 Å². The normalized spacial score (nSPS) is 16.9. The molecule has 26 heavy (non-hydrogen) atoms. The predicted octanol–water partition coefficient (Wildman–Crippen LogP) is 2.08. The third-order valence-electron chi connectivity index (χ3n) is 4.68. The van der Waals surface area contributed by atoms with Crippen LogP contribution >= 0.6 is 0 Å². The average Bonchev–Trinajstić information content (AvgIpc) is 2.67. The van der Waals surface area contributed by atoms with Crippen molar-refractivity contribution in [1.82, 2.24) is 10.0 Å². The number of hydrogen-bond donors (Lipinski definition) is 3. The number of sulfonamides is 1. The maximum Gasteiger partial charge on any atom is 0.322 e. The monoisotopic (exact) mass is 374 g/mol. The highest BCUT2D eigenvalue weighted by Crippen LogP contribution is 2.23. The van der Waals surface area contributed by atoms with Crippen molar-refractivity contribution in [3.63, 3.8) is 0 Å². The Hall–Kier alpha value is -2.22. The van der Waals surface area contributed by atoms with E-state index < -0.39 is 22.0 Å². The third kappa shape index (κ3) is 4.30. The molecule has 1 atom stereocenters. The Morgan fingerprint density at radius 3 is 2.15 bits per heavy atom. The lowest BCUT2D eigenvalue weighted by molar-refractivity contribution is -0.140. The zero-order valence-corrected chi connectivity index (χ0v) is 15.1. The van der Waals surface area contributed by atoms with Crippen molar-refractivity contribution in [3.8, 4) is 11.1 Å². The van der Waals surface area contributed by atoms with Crippen LogP contribution in [0.3, 0.4) is 0 Å². The molecule has 2 aromatic carbocycles. The molecular formula is C19H22N2O4S. The number of aliphatic carboxylic acids is 1. The van der Waals surface area contributed by atoms with Gasteiger partial charge in [0.25, 0.3) is 0 Å². The van der Waals surface area contributed by atoms with Gasteiger partial charge in [-0.1, -0.05) is 42.5 Å². The summed E-state index contributed by atoms with van der Waals surface area (Å²) in [5, 5.41) is 12.6. The van der Waals surface area contributed by atoms with E-state index >= 15 is 0 Å². The highest BCUT2D eigenvalue weighted by molar-refractivity contribution is 7.89. The first-order valence-corrected chi connectivity index (χ1v) is 10.1. The summed E-state index contributed by atoms with van der Waals surface area (Å²) < 4.78 is 27.7. The molecule has 0 aromatic heterocycles. The molecule has 0 amide bonds. The van der Waals surface area contributed by atoms with Gasteiger partial charge in [0.2, 0.25) is 10.0 Å². The van der Waals surface area contributed by atoms with Crippen molar-refractivity contribution in [3.05, 3.63) is 54.6 Å². The van der Waals surface area contributed by atoms with Crippen LogP contribution in [-0.4, -0.2) is 38.6 Å². The lowest BCUT2D eigenvalue weighted by atomic mass is 9.91. The molecule has 1 aliphatic heterocycles. The summed E-state index contributed by atoms with van der Waals surface area (Å²) in [5.74, 6) is -1.35. The highest BCUT2D eigenvalue weighted by Gasteiger charge is 2.33. The molecule has 3 rings (SSSR count). The topological polar surface area (TPSA) is 95.5 Å². The summed E-state index contributed by atoms with van der Waals surface area (Å²) >= 11 is 0. The van der Waals surface area contributed by atoms with E-state index in [0.29, 0.717) is 25.9 Å². The van der Waals surface area contributed by atoms with Gasteiger partial charge >= 0.3 is 5.97 Å². The van der Waals surface area contributed by atoms with Crippen molar-refractivity contribution in [2.24, 2.45) is 5.92 Å². The molecule has 1 aliphatic rings. The van der Waals surface area contributed by atoms with E-state index in [-0.39, 0.29) is 10.8 Å². The zero-order chi connectivity index (χ0) is 18.6. The Balaban J connectivity index is 1.79. The SMILES string of the molecule is O=C(O)C(NS(=O)(=O)c1ccc(-c2ccccc2)cc1)C1CCNCC1. The van der Waals surface area contributed by atoms with E-state index in [4.69, 9.17) is 0 Å². The Labute approximate surface area is 153 Å². The van der Waals surface area contributed by atoms with Crippen molar-refractivity contribution in [2.45, 2.75) is 23.8 Å². The molecule has 0 radical (unpaired) electrons. The van der Waals surface area contributed by atoms with Crippen LogP contribution in [0.1, 0.15) is 12.8 Å². The van der Waals surface area contributed by atoms with Crippen molar-refractivity contribution in [1.29, 1.82) is 0 Å². The van der Waals surface area contributed by atoms with Gasteiger partial charge in [-0.2, -0.15) is 4.72 Å².